The monoisotopic (exact) mass is 546 g/mol. The summed E-state index contributed by atoms with van der Waals surface area (Å²) in [5, 5.41) is 36.0. The van der Waals surface area contributed by atoms with Gasteiger partial charge in [0, 0.05) is 12.8 Å². The first kappa shape index (κ1) is 30.6. The minimum Gasteiger partial charge on any atom is -0.508 e. The van der Waals surface area contributed by atoms with Gasteiger partial charge in [-0.3, -0.25) is 14.4 Å². The van der Waals surface area contributed by atoms with Crippen LogP contribution in [0.25, 0.3) is 0 Å². The van der Waals surface area contributed by atoms with Gasteiger partial charge >= 0.3 is 5.97 Å². The van der Waals surface area contributed by atoms with E-state index >= 15 is 0 Å². The summed E-state index contributed by atoms with van der Waals surface area (Å²) < 4.78 is 0. The number of nitrogens with one attached hydrogen (secondary N) is 3. The van der Waals surface area contributed by atoms with E-state index in [1.165, 1.54) is 23.9 Å². The van der Waals surface area contributed by atoms with E-state index in [-0.39, 0.29) is 25.0 Å². The summed E-state index contributed by atoms with van der Waals surface area (Å²) in [6.45, 7) is -0.629. The van der Waals surface area contributed by atoms with Crippen LogP contribution in [0.3, 0.4) is 0 Å². The van der Waals surface area contributed by atoms with Crippen molar-refractivity contribution in [2.45, 2.75) is 43.4 Å². The third kappa shape index (κ3) is 10.0. The number of rotatable bonds is 15. The number of carbonyl (C=O) groups excluding carboxylic acids is 3. The van der Waals surface area contributed by atoms with Crippen molar-refractivity contribution >= 4 is 35.5 Å². The zero-order chi connectivity index (χ0) is 28.1. The Kier molecular flexibility index (Phi) is 12.6. The largest absolute Gasteiger partial charge is 0.508 e. The van der Waals surface area contributed by atoms with Crippen molar-refractivity contribution in [1.82, 2.24) is 16.0 Å². The number of hydrogen-bond donors (Lipinski definition) is 7. The van der Waals surface area contributed by atoms with Gasteiger partial charge in [-0.25, -0.2) is 4.79 Å². The van der Waals surface area contributed by atoms with Crippen molar-refractivity contribution in [2.24, 2.45) is 5.73 Å². The average molecular weight is 547 g/mol. The zero-order valence-electron chi connectivity index (χ0n) is 21.0. The van der Waals surface area contributed by atoms with E-state index in [2.05, 4.69) is 16.0 Å². The maximum Gasteiger partial charge on any atom is 0.326 e. The van der Waals surface area contributed by atoms with Gasteiger partial charge in [-0.2, -0.15) is 11.8 Å². The summed E-state index contributed by atoms with van der Waals surface area (Å²) in [4.78, 5) is 50.6. The fourth-order valence-electron chi connectivity index (χ4n) is 3.54. The van der Waals surface area contributed by atoms with Gasteiger partial charge in [0.05, 0.1) is 6.61 Å². The van der Waals surface area contributed by atoms with Crippen LogP contribution in [0.15, 0.2) is 54.6 Å². The summed E-state index contributed by atoms with van der Waals surface area (Å²) in [5.74, 6) is -2.80. The van der Waals surface area contributed by atoms with Gasteiger partial charge in [-0.05, 0) is 41.7 Å². The van der Waals surface area contributed by atoms with Gasteiger partial charge in [0.15, 0.2) is 0 Å². The topological polar surface area (TPSA) is 191 Å². The maximum atomic E-state index is 13.3. The van der Waals surface area contributed by atoms with Crippen LogP contribution in [0.1, 0.15) is 17.5 Å². The molecule has 0 saturated carbocycles. The molecular formula is C26H34N4O7S. The molecule has 0 aromatic heterocycles. The predicted molar refractivity (Wildman–Crippen MR) is 143 cm³/mol. The fourth-order valence-corrected chi connectivity index (χ4v) is 4.01. The lowest BCUT2D eigenvalue weighted by Gasteiger charge is -2.25. The van der Waals surface area contributed by atoms with Gasteiger partial charge in [0.2, 0.25) is 17.7 Å². The second-order valence-electron chi connectivity index (χ2n) is 8.65. The van der Waals surface area contributed by atoms with Crippen molar-refractivity contribution in [3.8, 4) is 5.75 Å². The van der Waals surface area contributed by atoms with E-state index in [9.17, 15) is 34.5 Å². The quantitative estimate of drug-likeness (QED) is 0.158. The second kappa shape index (κ2) is 15.6. The molecule has 38 heavy (non-hydrogen) atoms. The normalized spacial score (nSPS) is 14.0. The van der Waals surface area contributed by atoms with Crippen LogP contribution in [-0.4, -0.2) is 81.8 Å². The second-order valence-corrected chi connectivity index (χ2v) is 9.64. The number of phenolic OH excluding ortho intramolecular Hbond substituents is 1. The van der Waals surface area contributed by atoms with Gasteiger partial charge in [-0.1, -0.05) is 42.5 Å². The highest BCUT2D eigenvalue weighted by molar-refractivity contribution is 7.98. The molecule has 12 heteroatoms. The molecule has 3 amide bonds. The van der Waals surface area contributed by atoms with Crippen LogP contribution < -0.4 is 21.7 Å². The third-order valence-corrected chi connectivity index (χ3v) is 6.33. The lowest BCUT2D eigenvalue weighted by molar-refractivity contribution is -0.142. The number of aliphatic hydroxyl groups excluding tert-OH is 1. The molecule has 0 aliphatic heterocycles. The van der Waals surface area contributed by atoms with Crippen LogP contribution in [-0.2, 0) is 32.0 Å². The smallest absolute Gasteiger partial charge is 0.326 e. The summed E-state index contributed by atoms with van der Waals surface area (Å²) in [6.07, 6.45) is 2.12. The Morgan fingerprint density at radius 2 is 1.34 bits per heavy atom. The molecule has 0 aliphatic carbocycles. The summed E-state index contributed by atoms with van der Waals surface area (Å²) in [6, 6.07) is 10.2. The Bertz CT molecular complexity index is 1070. The third-order valence-electron chi connectivity index (χ3n) is 5.68. The number of aliphatic carboxylic acids is 1. The standard InChI is InChI=1S/C26H34N4O7S/c1-38-12-11-20(24(34)30-22(26(36)37)14-16-5-3-2-4-6-16)28-25(35)21(29-23(33)19(27)15-31)13-17-7-9-18(32)10-8-17/h2-10,19-22,31-32H,11-15,27H2,1H3,(H,28,35)(H,29,33)(H,30,34)(H,36,37). The average Bonchev–Trinajstić information content (AvgIpc) is 2.91. The number of aromatic hydroxyl groups is 1. The van der Waals surface area contributed by atoms with Crippen molar-refractivity contribution in [2.75, 3.05) is 18.6 Å². The number of phenols is 1. The molecule has 0 spiro atoms. The van der Waals surface area contributed by atoms with Crippen molar-refractivity contribution < 1.29 is 34.5 Å². The molecular weight excluding hydrogens is 512 g/mol. The van der Waals surface area contributed by atoms with E-state index in [0.717, 1.165) is 5.56 Å². The molecule has 0 saturated heterocycles. The molecule has 4 atom stereocenters. The van der Waals surface area contributed by atoms with Crippen LogP contribution in [0.5, 0.6) is 5.75 Å². The van der Waals surface area contributed by atoms with E-state index in [0.29, 0.717) is 11.3 Å². The number of carboxylic acid groups (broad SMARTS) is 1. The van der Waals surface area contributed by atoms with E-state index in [4.69, 9.17) is 5.73 Å². The molecule has 206 valence electrons. The lowest BCUT2D eigenvalue weighted by Crippen LogP contribution is -2.58. The highest BCUT2D eigenvalue weighted by atomic mass is 32.2. The van der Waals surface area contributed by atoms with Crippen molar-refractivity contribution in [1.29, 1.82) is 0 Å². The van der Waals surface area contributed by atoms with Gasteiger partial charge in [0.1, 0.15) is 29.9 Å². The number of carboxylic acids is 1. The Morgan fingerprint density at radius 1 is 0.816 bits per heavy atom. The molecule has 2 aromatic rings. The summed E-state index contributed by atoms with van der Waals surface area (Å²) in [7, 11) is 0. The lowest BCUT2D eigenvalue weighted by atomic mass is 10.0. The maximum absolute atomic E-state index is 13.3. The molecule has 0 heterocycles. The minimum absolute atomic E-state index is 0.0125. The van der Waals surface area contributed by atoms with Crippen molar-refractivity contribution in [3.63, 3.8) is 0 Å². The van der Waals surface area contributed by atoms with E-state index < -0.39 is 54.5 Å². The highest BCUT2D eigenvalue weighted by Gasteiger charge is 2.30. The van der Waals surface area contributed by atoms with Gasteiger partial charge < -0.3 is 37.0 Å². The molecule has 2 aromatic carbocycles. The number of amides is 3. The van der Waals surface area contributed by atoms with E-state index in [1.54, 1.807) is 42.5 Å². The molecule has 0 radical (unpaired) electrons. The Morgan fingerprint density at radius 3 is 1.92 bits per heavy atom. The predicted octanol–water partition coefficient (Wildman–Crippen LogP) is -0.211. The first-order chi connectivity index (χ1) is 18.1. The van der Waals surface area contributed by atoms with Gasteiger partial charge in [0.25, 0.3) is 0 Å². The summed E-state index contributed by atoms with van der Waals surface area (Å²) >= 11 is 1.45. The van der Waals surface area contributed by atoms with Crippen LogP contribution in [0.4, 0.5) is 0 Å². The summed E-state index contributed by atoms with van der Waals surface area (Å²) in [5.41, 5.74) is 6.93. The number of nitrogens with two attached hydrogens (primary N) is 1. The molecule has 0 fully saturated rings. The zero-order valence-corrected chi connectivity index (χ0v) is 21.8. The van der Waals surface area contributed by atoms with E-state index in [1.807, 2.05) is 6.26 Å². The Hall–Kier alpha value is -3.61. The van der Waals surface area contributed by atoms with Crippen LogP contribution in [0, 0.1) is 0 Å². The minimum atomic E-state index is -1.25. The number of carbonyl (C=O) groups is 4. The molecule has 11 nitrogen and oxygen atoms in total. The Balaban J connectivity index is 2.20. The van der Waals surface area contributed by atoms with Gasteiger partial charge in [-0.15, -0.1) is 0 Å². The molecule has 2 rings (SSSR count). The van der Waals surface area contributed by atoms with Crippen molar-refractivity contribution in [3.05, 3.63) is 65.7 Å². The Labute approximate surface area is 225 Å². The SMILES string of the molecule is CSCCC(NC(=O)C(Cc1ccc(O)cc1)NC(=O)C(N)CO)C(=O)NC(Cc1ccccc1)C(=O)O. The highest BCUT2D eigenvalue weighted by Crippen LogP contribution is 2.12. The number of benzene rings is 2. The van der Waals surface area contributed by atoms with Crippen LogP contribution >= 0.6 is 11.8 Å². The number of thioether (sulfide) groups is 1. The molecule has 4 unspecified atom stereocenters. The molecule has 0 aliphatic rings. The molecule has 0 bridgehead atoms. The first-order valence-corrected chi connectivity index (χ1v) is 13.3. The van der Waals surface area contributed by atoms with Crippen LogP contribution in [0.2, 0.25) is 0 Å². The number of hydrogen-bond acceptors (Lipinski definition) is 8. The molecule has 8 N–H and O–H groups in total. The fraction of sp³-hybridized carbons (Fsp3) is 0.385. The first-order valence-electron chi connectivity index (χ1n) is 12.0. The number of aliphatic hydroxyl groups is 1.